The van der Waals surface area contributed by atoms with E-state index in [0.717, 1.165) is 28.9 Å². The summed E-state index contributed by atoms with van der Waals surface area (Å²) < 4.78 is 18.6. The number of para-hydroxylation sites is 1. The van der Waals surface area contributed by atoms with E-state index in [-0.39, 0.29) is 0 Å². The first-order chi connectivity index (χ1) is 10.7. The fraction of sp³-hybridized carbons (Fsp3) is 0.529. The summed E-state index contributed by atoms with van der Waals surface area (Å²) in [6.07, 6.45) is 2.83. The molecule has 0 spiro atoms. The van der Waals surface area contributed by atoms with Gasteiger partial charge in [-0.2, -0.15) is 0 Å². The maximum atomic E-state index is 5.91. The van der Waals surface area contributed by atoms with Gasteiger partial charge < -0.3 is 0 Å². The van der Waals surface area contributed by atoms with Crippen molar-refractivity contribution < 1.29 is 27.7 Å². The average Bonchev–Trinajstić information content (AvgIpc) is 2.53. The van der Waals surface area contributed by atoms with Crippen LogP contribution >= 0.6 is 0 Å². The van der Waals surface area contributed by atoms with Crippen molar-refractivity contribution in [3.05, 3.63) is 36.4 Å². The predicted molar refractivity (Wildman–Crippen MR) is 89.3 cm³/mol. The Morgan fingerprint density at radius 2 is 1.64 bits per heavy atom. The summed E-state index contributed by atoms with van der Waals surface area (Å²) in [5.41, 5.74) is 2.23. The van der Waals surface area contributed by atoms with Gasteiger partial charge in [0.15, 0.2) is 0 Å². The Morgan fingerprint density at radius 1 is 1.05 bits per heavy atom. The second kappa shape index (κ2) is 11.0. The SMILES string of the molecule is C=Cc1ccccc1NCC[CH2][Ti]([O]CC)([O]CC)[O]CC. The maximum absolute atomic E-state index is 5.91. The molecule has 0 aliphatic heterocycles. The van der Waals surface area contributed by atoms with Crippen LogP contribution in [-0.4, -0.2) is 26.4 Å². The van der Waals surface area contributed by atoms with Crippen LogP contribution in [0.3, 0.4) is 0 Å². The number of nitrogens with one attached hydrogen (secondary N) is 1. The van der Waals surface area contributed by atoms with E-state index in [9.17, 15) is 0 Å². The molecule has 1 aromatic rings. The standard InChI is InChI=1S/C11H14N.3C2H5O.Ti/c1-3-9-12-11-8-6-5-7-10(11)4-2;3*1-2-3;/h4-8,12H,1-3,9H2;3*2H2,1H3;/q;3*-1;+3. The first-order valence-corrected chi connectivity index (χ1v) is 11.1. The van der Waals surface area contributed by atoms with Gasteiger partial charge in [-0.25, -0.2) is 0 Å². The van der Waals surface area contributed by atoms with Gasteiger partial charge in [0.05, 0.1) is 0 Å². The van der Waals surface area contributed by atoms with Crippen molar-refractivity contribution in [1.82, 2.24) is 0 Å². The second-order valence-corrected chi connectivity index (χ2v) is 9.07. The molecule has 0 radical (unpaired) electrons. The molecule has 0 bridgehead atoms. The van der Waals surface area contributed by atoms with Gasteiger partial charge in [0, 0.05) is 0 Å². The van der Waals surface area contributed by atoms with Crippen LogP contribution in [0.5, 0.6) is 0 Å². The van der Waals surface area contributed by atoms with Crippen molar-refractivity contribution in [3.63, 3.8) is 0 Å². The minimum atomic E-state index is -3.07. The Bertz CT molecular complexity index is 423. The van der Waals surface area contributed by atoms with E-state index in [0.29, 0.717) is 19.8 Å². The first kappa shape index (κ1) is 19.4. The van der Waals surface area contributed by atoms with Crippen LogP contribution in [-0.2, 0) is 27.7 Å². The van der Waals surface area contributed by atoms with E-state index in [1.165, 1.54) is 0 Å². The van der Waals surface area contributed by atoms with Gasteiger partial charge in [0.2, 0.25) is 0 Å². The topological polar surface area (TPSA) is 39.7 Å². The number of benzene rings is 1. The van der Waals surface area contributed by atoms with E-state index in [4.69, 9.17) is 9.96 Å². The summed E-state index contributed by atoms with van der Waals surface area (Å²) in [5.74, 6) is 0. The molecule has 0 atom stereocenters. The molecule has 22 heavy (non-hydrogen) atoms. The zero-order valence-electron chi connectivity index (χ0n) is 14.1. The summed E-state index contributed by atoms with van der Waals surface area (Å²) in [5, 5.41) is 3.46. The summed E-state index contributed by atoms with van der Waals surface area (Å²) in [4.78, 5) is 0. The van der Waals surface area contributed by atoms with Crippen molar-refractivity contribution in [1.29, 1.82) is 0 Å². The molecule has 1 rings (SSSR count). The van der Waals surface area contributed by atoms with Gasteiger partial charge in [0.25, 0.3) is 0 Å². The zero-order chi connectivity index (χ0) is 16.3. The van der Waals surface area contributed by atoms with Crippen molar-refractivity contribution in [2.75, 3.05) is 31.7 Å². The molecular formula is C17H29NO3Ti. The van der Waals surface area contributed by atoms with Crippen LogP contribution in [0.15, 0.2) is 30.8 Å². The predicted octanol–water partition coefficient (Wildman–Crippen LogP) is 4.56. The Labute approximate surface area is 139 Å². The molecule has 0 aliphatic carbocycles. The average molecular weight is 343 g/mol. The van der Waals surface area contributed by atoms with Crippen LogP contribution < -0.4 is 5.32 Å². The Balaban J connectivity index is 2.53. The van der Waals surface area contributed by atoms with Crippen molar-refractivity contribution in [2.45, 2.75) is 31.9 Å². The first-order valence-electron chi connectivity index (χ1n) is 8.08. The monoisotopic (exact) mass is 343 g/mol. The van der Waals surface area contributed by atoms with Crippen molar-refractivity contribution in [3.8, 4) is 0 Å². The Kier molecular flexibility index (Phi) is 9.68. The van der Waals surface area contributed by atoms with Crippen LogP contribution in [0.2, 0.25) is 4.73 Å². The zero-order valence-corrected chi connectivity index (χ0v) is 15.6. The van der Waals surface area contributed by atoms with Crippen LogP contribution in [0.25, 0.3) is 6.08 Å². The van der Waals surface area contributed by atoms with E-state index in [1.54, 1.807) is 0 Å². The summed E-state index contributed by atoms with van der Waals surface area (Å²) >= 11 is -3.07. The molecule has 124 valence electrons. The van der Waals surface area contributed by atoms with Gasteiger partial charge >= 0.3 is 139 Å². The molecule has 0 fully saturated rings. The van der Waals surface area contributed by atoms with Gasteiger partial charge in [-0.3, -0.25) is 0 Å². The van der Waals surface area contributed by atoms with Gasteiger partial charge in [-0.05, 0) is 0 Å². The normalized spacial score (nSPS) is 11.4. The third-order valence-corrected chi connectivity index (χ3v) is 8.17. The van der Waals surface area contributed by atoms with Gasteiger partial charge in [-0.1, -0.05) is 0 Å². The van der Waals surface area contributed by atoms with E-state index < -0.39 is 17.8 Å². The number of hydrogen-bond donors (Lipinski definition) is 1. The third-order valence-electron chi connectivity index (χ3n) is 3.25. The molecule has 0 saturated carbocycles. The molecule has 1 N–H and O–H groups in total. The molecular weight excluding hydrogens is 314 g/mol. The van der Waals surface area contributed by atoms with Crippen LogP contribution in [0.1, 0.15) is 32.8 Å². The molecule has 5 heteroatoms. The fourth-order valence-corrected chi connectivity index (χ4v) is 6.44. The molecule has 0 saturated heterocycles. The third kappa shape index (κ3) is 6.23. The summed E-state index contributed by atoms with van der Waals surface area (Å²) in [6.45, 7) is 12.6. The number of hydrogen-bond acceptors (Lipinski definition) is 4. The molecule has 0 unspecified atom stereocenters. The minimum absolute atomic E-state index is 0.646. The molecule has 4 nitrogen and oxygen atoms in total. The second-order valence-electron chi connectivity index (χ2n) is 4.80. The molecule has 1 aromatic carbocycles. The summed E-state index contributed by atoms with van der Waals surface area (Å²) in [7, 11) is 0. The molecule has 0 aliphatic rings. The fourth-order valence-electron chi connectivity index (χ4n) is 2.37. The van der Waals surface area contributed by atoms with E-state index in [2.05, 4.69) is 24.0 Å². The van der Waals surface area contributed by atoms with Gasteiger partial charge in [-0.15, -0.1) is 0 Å². The Morgan fingerprint density at radius 3 is 2.18 bits per heavy atom. The molecule has 0 heterocycles. The quantitative estimate of drug-likeness (QED) is 0.446. The van der Waals surface area contributed by atoms with Crippen molar-refractivity contribution >= 4 is 11.8 Å². The number of anilines is 1. The Hall–Kier alpha value is -0.646. The van der Waals surface area contributed by atoms with Crippen LogP contribution in [0, 0.1) is 0 Å². The van der Waals surface area contributed by atoms with E-state index >= 15 is 0 Å². The summed E-state index contributed by atoms with van der Waals surface area (Å²) in [6, 6.07) is 8.16. The van der Waals surface area contributed by atoms with Gasteiger partial charge in [0.1, 0.15) is 0 Å². The van der Waals surface area contributed by atoms with Crippen LogP contribution in [0.4, 0.5) is 5.69 Å². The molecule has 0 aromatic heterocycles. The van der Waals surface area contributed by atoms with E-state index in [1.807, 2.05) is 39.0 Å². The molecule has 0 amide bonds. The van der Waals surface area contributed by atoms with Crippen molar-refractivity contribution in [2.24, 2.45) is 0 Å². The number of rotatable bonds is 12.